The maximum Gasteiger partial charge on any atom is 0.225 e. The fraction of sp³-hybridized carbons (Fsp3) is 0.611. The molecule has 2 rings (SSSR count). The molecule has 0 radical (unpaired) electrons. The molecule has 0 N–H and O–H groups in total. The van der Waals surface area contributed by atoms with E-state index in [1.807, 2.05) is 17.0 Å². The number of hydrogen-bond acceptors (Lipinski definition) is 2. The molecule has 1 saturated heterocycles. The van der Waals surface area contributed by atoms with E-state index in [-0.39, 0.29) is 11.7 Å². The molecule has 1 amide bonds. The normalized spacial score (nSPS) is 16.7. The molecule has 0 spiro atoms. The molecular formula is C18H27FN2O. The van der Waals surface area contributed by atoms with Gasteiger partial charge in [-0.25, -0.2) is 4.39 Å². The van der Waals surface area contributed by atoms with Crippen LogP contribution >= 0.6 is 0 Å². The molecule has 1 atom stereocenters. The highest BCUT2D eigenvalue weighted by Crippen LogP contribution is 2.20. The van der Waals surface area contributed by atoms with Gasteiger partial charge >= 0.3 is 0 Å². The van der Waals surface area contributed by atoms with Gasteiger partial charge in [-0.1, -0.05) is 26.7 Å². The summed E-state index contributed by atoms with van der Waals surface area (Å²) in [7, 11) is 0. The van der Waals surface area contributed by atoms with Crippen molar-refractivity contribution in [1.29, 1.82) is 0 Å². The molecule has 3 nitrogen and oxygen atoms in total. The molecule has 122 valence electrons. The summed E-state index contributed by atoms with van der Waals surface area (Å²) in [5.41, 5.74) is 1.03. The quantitative estimate of drug-likeness (QED) is 0.800. The average Bonchev–Trinajstić information content (AvgIpc) is 2.56. The molecular weight excluding hydrogens is 279 g/mol. The van der Waals surface area contributed by atoms with Crippen molar-refractivity contribution in [3.05, 3.63) is 30.1 Å². The number of benzene rings is 1. The van der Waals surface area contributed by atoms with Crippen LogP contribution < -0.4 is 4.90 Å². The Kier molecular flexibility index (Phi) is 6.22. The van der Waals surface area contributed by atoms with Crippen LogP contribution in [0.4, 0.5) is 10.1 Å². The van der Waals surface area contributed by atoms with Crippen LogP contribution in [0.1, 0.15) is 39.5 Å². The Morgan fingerprint density at radius 3 is 2.32 bits per heavy atom. The van der Waals surface area contributed by atoms with E-state index < -0.39 is 0 Å². The van der Waals surface area contributed by atoms with E-state index in [0.29, 0.717) is 5.91 Å². The van der Waals surface area contributed by atoms with E-state index in [1.165, 1.54) is 12.1 Å². The molecule has 1 aliphatic rings. The fourth-order valence-electron chi connectivity index (χ4n) is 3.05. The molecule has 1 heterocycles. The van der Waals surface area contributed by atoms with Crippen LogP contribution in [0, 0.1) is 11.7 Å². The predicted octanol–water partition coefficient (Wildman–Crippen LogP) is 3.69. The van der Waals surface area contributed by atoms with Gasteiger partial charge in [0, 0.05) is 37.8 Å². The zero-order chi connectivity index (χ0) is 15.9. The lowest BCUT2D eigenvalue weighted by Gasteiger charge is -2.37. The summed E-state index contributed by atoms with van der Waals surface area (Å²) < 4.78 is 13.0. The van der Waals surface area contributed by atoms with Crippen molar-refractivity contribution in [2.45, 2.75) is 39.5 Å². The van der Waals surface area contributed by atoms with Crippen molar-refractivity contribution in [3.8, 4) is 0 Å². The van der Waals surface area contributed by atoms with Gasteiger partial charge in [0.15, 0.2) is 0 Å². The zero-order valence-corrected chi connectivity index (χ0v) is 13.7. The van der Waals surface area contributed by atoms with Gasteiger partial charge in [0.25, 0.3) is 0 Å². The standard InChI is InChI=1S/C18H27FN2O/c1-3-5-6-15(4-2)18(22)21-13-11-20(12-14-21)17-9-7-16(19)8-10-17/h7-10,15H,3-6,11-14H2,1-2H3. The molecule has 0 saturated carbocycles. The first-order valence-electron chi connectivity index (χ1n) is 8.45. The first kappa shape index (κ1) is 16.8. The van der Waals surface area contributed by atoms with Crippen LogP contribution in [0.15, 0.2) is 24.3 Å². The predicted molar refractivity (Wildman–Crippen MR) is 88.5 cm³/mol. The third-order valence-corrected chi connectivity index (χ3v) is 4.53. The number of anilines is 1. The summed E-state index contributed by atoms with van der Waals surface area (Å²) in [6, 6.07) is 6.60. The van der Waals surface area contributed by atoms with Crippen molar-refractivity contribution in [2.75, 3.05) is 31.1 Å². The van der Waals surface area contributed by atoms with Gasteiger partial charge in [-0.3, -0.25) is 4.79 Å². The molecule has 1 fully saturated rings. The molecule has 0 bridgehead atoms. The Bertz CT molecular complexity index is 466. The number of rotatable bonds is 6. The van der Waals surface area contributed by atoms with E-state index in [1.54, 1.807) is 0 Å². The minimum absolute atomic E-state index is 0.178. The highest BCUT2D eigenvalue weighted by atomic mass is 19.1. The lowest BCUT2D eigenvalue weighted by Crippen LogP contribution is -2.50. The largest absolute Gasteiger partial charge is 0.368 e. The van der Waals surface area contributed by atoms with Crippen LogP contribution in [0.25, 0.3) is 0 Å². The van der Waals surface area contributed by atoms with Gasteiger partial charge in [0.05, 0.1) is 0 Å². The lowest BCUT2D eigenvalue weighted by molar-refractivity contribution is -0.136. The Morgan fingerprint density at radius 2 is 1.77 bits per heavy atom. The van der Waals surface area contributed by atoms with E-state index in [0.717, 1.165) is 57.5 Å². The molecule has 22 heavy (non-hydrogen) atoms. The van der Waals surface area contributed by atoms with Crippen molar-refractivity contribution in [1.82, 2.24) is 4.90 Å². The summed E-state index contributed by atoms with van der Waals surface area (Å²) in [6.45, 7) is 7.44. The lowest BCUT2D eigenvalue weighted by atomic mass is 9.97. The number of nitrogens with zero attached hydrogens (tertiary/aromatic N) is 2. The number of unbranched alkanes of at least 4 members (excludes halogenated alkanes) is 1. The average molecular weight is 306 g/mol. The maximum absolute atomic E-state index is 13.0. The second-order valence-electron chi connectivity index (χ2n) is 6.04. The number of carbonyl (C=O) groups is 1. The van der Waals surface area contributed by atoms with Gasteiger partial charge in [0.2, 0.25) is 5.91 Å². The van der Waals surface area contributed by atoms with Crippen LogP contribution in [-0.2, 0) is 4.79 Å². The first-order chi connectivity index (χ1) is 10.7. The van der Waals surface area contributed by atoms with Gasteiger partial charge < -0.3 is 9.80 Å². The van der Waals surface area contributed by atoms with Crippen molar-refractivity contribution < 1.29 is 9.18 Å². The third-order valence-electron chi connectivity index (χ3n) is 4.53. The van der Waals surface area contributed by atoms with Gasteiger partial charge in [-0.15, -0.1) is 0 Å². The maximum atomic E-state index is 13.0. The Balaban J connectivity index is 1.88. The minimum Gasteiger partial charge on any atom is -0.368 e. The summed E-state index contributed by atoms with van der Waals surface area (Å²) in [5.74, 6) is 0.284. The van der Waals surface area contributed by atoms with Crippen LogP contribution in [0.3, 0.4) is 0 Å². The van der Waals surface area contributed by atoms with Crippen LogP contribution in [0.5, 0.6) is 0 Å². The first-order valence-corrected chi connectivity index (χ1v) is 8.45. The minimum atomic E-state index is -0.209. The molecule has 0 aliphatic carbocycles. The number of piperazine rings is 1. The van der Waals surface area contributed by atoms with Gasteiger partial charge in [-0.05, 0) is 37.1 Å². The monoisotopic (exact) mass is 306 g/mol. The Hall–Kier alpha value is -1.58. The van der Waals surface area contributed by atoms with Crippen molar-refractivity contribution >= 4 is 11.6 Å². The van der Waals surface area contributed by atoms with Crippen LogP contribution in [0.2, 0.25) is 0 Å². The summed E-state index contributed by atoms with van der Waals surface area (Å²) in [4.78, 5) is 16.8. The molecule has 0 aromatic heterocycles. The SMILES string of the molecule is CCCCC(CC)C(=O)N1CCN(c2ccc(F)cc2)CC1. The summed E-state index contributed by atoms with van der Waals surface area (Å²) >= 11 is 0. The van der Waals surface area contributed by atoms with Crippen molar-refractivity contribution in [3.63, 3.8) is 0 Å². The van der Waals surface area contributed by atoms with Crippen molar-refractivity contribution in [2.24, 2.45) is 5.92 Å². The Labute approximate surface area is 133 Å². The highest BCUT2D eigenvalue weighted by Gasteiger charge is 2.26. The third kappa shape index (κ3) is 4.21. The molecule has 1 aromatic rings. The molecule has 4 heteroatoms. The van der Waals surface area contributed by atoms with E-state index in [9.17, 15) is 9.18 Å². The van der Waals surface area contributed by atoms with E-state index in [2.05, 4.69) is 18.7 Å². The fourth-order valence-corrected chi connectivity index (χ4v) is 3.05. The Morgan fingerprint density at radius 1 is 1.14 bits per heavy atom. The van der Waals surface area contributed by atoms with Gasteiger partial charge in [0.1, 0.15) is 5.82 Å². The number of carbonyl (C=O) groups excluding carboxylic acids is 1. The number of amides is 1. The second kappa shape index (κ2) is 8.16. The highest BCUT2D eigenvalue weighted by molar-refractivity contribution is 5.79. The molecule has 1 aliphatic heterocycles. The zero-order valence-electron chi connectivity index (χ0n) is 13.7. The smallest absolute Gasteiger partial charge is 0.225 e. The summed E-state index contributed by atoms with van der Waals surface area (Å²) in [6.07, 6.45) is 4.20. The number of halogens is 1. The van der Waals surface area contributed by atoms with E-state index >= 15 is 0 Å². The number of hydrogen-bond donors (Lipinski definition) is 0. The van der Waals surface area contributed by atoms with Crippen LogP contribution in [-0.4, -0.2) is 37.0 Å². The second-order valence-corrected chi connectivity index (χ2v) is 6.04. The van der Waals surface area contributed by atoms with Gasteiger partial charge in [-0.2, -0.15) is 0 Å². The van der Waals surface area contributed by atoms with E-state index in [4.69, 9.17) is 0 Å². The molecule has 1 unspecified atom stereocenters. The topological polar surface area (TPSA) is 23.6 Å². The molecule has 1 aromatic carbocycles. The summed E-state index contributed by atoms with van der Waals surface area (Å²) in [5, 5.41) is 0.